The topological polar surface area (TPSA) is 74.6 Å². The van der Waals surface area contributed by atoms with E-state index in [1.54, 1.807) is 36.4 Å². The largest absolute Gasteiger partial charge is 0.478 e. The van der Waals surface area contributed by atoms with Gasteiger partial charge in [-0.25, -0.2) is 9.59 Å². The zero-order valence-electron chi connectivity index (χ0n) is 24.8. The van der Waals surface area contributed by atoms with Crippen LogP contribution in [-0.4, -0.2) is 54.3 Å². The Morgan fingerprint density at radius 1 is 0.590 bits per heavy atom. The Hall–Kier alpha value is -2.31. The second kappa shape index (κ2) is 20.6. The van der Waals surface area contributed by atoms with Crippen LogP contribution in [0.1, 0.15) is 118 Å². The first-order valence-corrected chi connectivity index (χ1v) is 15.6. The lowest BCUT2D eigenvalue weighted by molar-refractivity contribution is -0.870. The number of carboxylic acid groups (broad SMARTS) is 2. The standard InChI is InChI=1S/C19H42N.C14H10O4S/c1-5-6-7-8-9-10-11-12-13-14-15-16-17-18-19-20(2,3)4;15-13(16)9-5-1-3-7-11(9)19-12-8-4-2-6-10(12)14(17)18/h5-19H2,1-4H3;1-8H,(H,15,16)(H,17,18)/q+1;. The second-order valence-corrected chi connectivity index (χ2v) is 12.4. The molecule has 2 rings (SSSR count). The van der Waals surface area contributed by atoms with Gasteiger partial charge in [0.05, 0.1) is 38.8 Å². The molecular weight excluding hydrogens is 506 g/mol. The third-order valence-electron chi connectivity index (χ3n) is 6.64. The van der Waals surface area contributed by atoms with Crippen LogP contribution in [0.3, 0.4) is 0 Å². The van der Waals surface area contributed by atoms with Crippen LogP contribution in [0.5, 0.6) is 0 Å². The van der Waals surface area contributed by atoms with Crippen LogP contribution in [0.15, 0.2) is 58.3 Å². The van der Waals surface area contributed by atoms with Crippen molar-refractivity contribution in [2.24, 2.45) is 0 Å². The summed E-state index contributed by atoms with van der Waals surface area (Å²) in [6.07, 6.45) is 20.4. The molecule has 0 radical (unpaired) electrons. The van der Waals surface area contributed by atoms with Crippen LogP contribution in [0, 0.1) is 0 Å². The Balaban J connectivity index is 0.000000390. The summed E-state index contributed by atoms with van der Waals surface area (Å²) in [5.74, 6) is -2.06. The number of carboxylic acids is 2. The summed E-state index contributed by atoms with van der Waals surface area (Å²) in [7, 11) is 6.88. The van der Waals surface area contributed by atoms with Crippen molar-refractivity contribution in [3.8, 4) is 0 Å². The summed E-state index contributed by atoms with van der Waals surface area (Å²) in [5, 5.41) is 18.2. The molecule has 0 heterocycles. The number of hydrogen-bond donors (Lipinski definition) is 2. The van der Waals surface area contributed by atoms with Crippen molar-refractivity contribution >= 4 is 23.7 Å². The van der Waals surface area contributed by atoms with Crippen molar-refractivity contribution in [1.82, 2.24) is 0 Å². The van der Waals surface area contributed by atoms with E-state index in [0.717, 1.165) is 16.2 Å². The van der Waals surface area contributed by atoms with E-state index < -0.39 is 11.9 Å². The highest BCUT2D eigenvalue weighted by Gasteiger charge is 2.14. The number of benzene rings is 2. The van der Waals surface area contributed by atoms with Crippen molar-refractivity contribution in [2.75, 3.05) is 27.7 Å². The predicted octanol–water partition coefficient (Wildman–Crippen LogP) is 9.41. The molecule has 2 aromatic carbocycles. The fourth-order valence-corrected chi connectivity index (χ4v) is 5.42. The first-order valence-electron chi connectivity index (χ1n) is 14.8. The fourth-order valence-electron chi connectivity index (χ4n) is 4.36. The summed E-state index contributed by atoms with van der Waals surface area (Å²) in [6, 6.07) is 13.0. The van der Waals surface area contributed by atoms with E-state index in [4.69, 9.17) is 10.2 Å². The summed E-state index contributed by atoms with van der Waals surface area (Å²) >= 11 is 1.14. The number of nitrogens with zero attached hydrogens (tertiary/aromatic N) is 1. The molecule has 0 saturated carbocycles. The minimum atomic E-state index is -1.03. The van der Waals surface area contributed by atoms with E-state index in [-0.39, 0.29) is 11.1 Å². The molecule has 0 saturated heterocycles. The number of unbranched alkanes of at least 4 members (excludes halogenated alkanes) is 13. The van der Waals surface area contributed by atoms with Gasteiger partial charge >= 0.3 is 11.9 Å². The fraction of sp³-hybridized carbons (Fsp3) is 0.576. The summed E-state index contributed by atoms with van der Waals surface area (Å²) < 4.78 is 1.12. The summed E-state index contributed by atoms with van der Waals surface area (Å²) in [5.41, 5.74) is 0.320. The number of rotatable bonds is 19. The van der Waals surface area contributed by atoms with E-state index in [2.05, 4.69) is 28.1 Å². The second-order valence-electron chi connectivity index (χ2n) is 11.3. The minimum absolute atomic E-state index is 0.160. The van der Waals surface area contributed by atoms with Crippen LogP contribution >= 0.6 is 11.8 Å². The first kappa shape index (κ1) is 34.7. The minimum Gasteiger partial charge on any atom is -0.478 e. The monoisotopic (exact) mass is 558 g/mol. The molecule has 0 aromatic heterocycles. The first-order chi connectivity index (χ1) is 18.7. The highest BCUT2D eigenvalue weighted by molar-refractivity contribution is 7.99. The molecule has 0 fully saturated rings. The molecule has 0 aliphatic carbocycles. The number of hydrogen-bond acceptors (Lipinski definition) is 3. The Morgan fingerprint density at radius 2 is 0.923 bits per heavy atom. The van der Waals surface area contributed by atoms with E-state index in [9.17, 15) is 9.59 Å². The Labute approximate surface area is 241 Å². The molecule has 0 spiro atoms. The normalized spacial score (nSPS) is 11.1. The summed E-state index contributed by atoms with van der Waals surface area (Å²) in [6.45, 7) is 3.63. The van der Waals surface area contributed by atoms with Gasteiger partial charge in [-0.05, 0) is 37.1 Å². The molecule has 5 nitrogen and oxygen atoms in total. The van der Waals surface area contributed by atoms with Crippen LogP contribution in [0.2, 0.25) is 0 Å². The lowest BCUT2D eigenvalue weighted by atomic mass is 10.0. The molecule has 0 amide bonds. The molecule has 0 atom stereocenters. The van der Waals surface area contributed by atoms with Crippen LogP contribution in [0.25, 0.3) is 0 Å². The molecule has 2 aromatic rings. The average Bonchev–Trinajstić information content (AvgIpc) is 2.89. The van der Waals surface area contributed by atoms with Gasteiger partial charge in [0.15, 0.2) is 0 Å². The Kier molecular flexibility index (Phi) is 18.3. The number of quaternary nitrogens is 1. The molecule has 0 aliphatic rings. The Morgan fingerprint density at radius 3 is 1.26 bits per heavy atom. The molecule has 0 aliphatic heterocycles. The average molecular weight is 559 g/mol. The zero-order chi connectivity index (χ0) is 28.9. The predicted molar refractivity (Wildman–Crippen MR) is 164 cm³/mol. The van der Waals surface area contributed by atoms with Gasteiger partial charge in [-0.2, -0.15) is 0 Å². The SMILES string of the molecule is CCCCCCCCCCCCCCCC[N+](C)(C)C.O=C(O)c1ccccc1Sc1ccccc1C(=O)O. The van der Waals surface area contributed by atoms with Gasteiger partial charge in [-0.15, -0.1) is 0 Å². The molecule has 6 heteroatoms. The maximum absolute atomic E-state index is 11.1. The van der Waals surface area contributed by atoms with E-state index in [1.165, 1.54) is 109 Å². The van der Waals surface area contributed by atoms with Gasteiger partial charge < -0.3 is 14.7 Å². The lowest BCUT2D eigenvalue weighted by Crippen LogP contribution is -2.35. The van der Waals surface area contributed by atoms with Crippen LogP contribution < -0.4 is 0 Å². The van der Waals surface area contributed by atoms with Gasteiger partial charge in [-0.1, -0.05) is 120 Å². The molecule has 0 unspecified atom stereocenters. The molecule has 39 heavy (non-hydrogen) atoms. The van der Waals surface area contributed by atoms with Crippen molar-refractivity contribution in [3.63, 3.8) is 0 Å². The smallest absolute Gasteiger partial charge is 0.336 e. The third-order valence-corrected chi connectivity index (χ3v) is 7.79. The van der Waals surface area contributed by atoms with Crippen LogP contribution in [-0.2, 0) is 0 Å². The Bertz CT molecular complexity index is 899. The molecule has 218 valence electrons. The number of carbonyl (C=O) groups is 2. The van der Waals surface area contributed by atoms with E-state index >= 15 is 0 Å². The van der Waals surface area contributed by atoms with E-state index in [1.807, 2.05) is 0 Å². The van der Waals surface area contributed by atoms with Gasteiger partial charge in [0, 0.05) is 9.79 Å². The van der Waals surface area contributed by atoms with E-state index in [0.29, 0.717) is 9.79 Å². The van der Waals surface area contributed by atoms with Crippen molar-refractivity contribution in [1.29, 1.82) is 0 Å². The zero-order valence-corrected chi connectivity index (χ0v) is 25.6. The van der Waals surface area contributed by atoms with Gasteiger partial charge in [0.25, 0.3) is 0 Å². The van der Waals surface area contributed by atoms with Crippen LogP contribution in [0.4, 0.5) is 0 Å². The third kappa shape index (κ3) is 17.1. The van der Waals surface area contributed by atoms with Gasteiger partial charge in [0.1, 0.15) is 0 Å². The maximum atomic E-state index is 11.1. The maximum Gasteiger partial charge on any atom is 0.336 e. The molecule has 2 N–H and O–H groups in total. The highest BCUT2D eigenvalue weighted by Crippen LogP contribution is 2.32. The van der Waals surface area contributed by atoms with Gasteiger partial charge in [0.2, 0.25) is 0 Å². The van der Waals surface area contributed by atoms with Gasteiger partial charge in [-0.3, -0.25) is 0 Å². The molecular formula is C33H52NO4S+. The highest BCUT2D eigenvalue weighted by atomic mass is 32.2. The quantitative estimate of drug-likeness (QED) is 0.133. The number of aromatic carboxylic acids is 2. The van der Waals surface area contributed by atoms with Crippen molar-refractivity contribution in [2.45, 2.75) is 107 Å². The van der Waals surface area contributed by atoms with Crippen molar-refractivity contribution in [3.05, 3.63) is 59.7 Å². The van der Waals surface area contributed by atoms with Crippen molar-refractivity contribution < 1.29 is 24.3 Å². The molecule has 0 bridgehead atoms. The lowest BCUT2D eigenvalue weighted by Gasteiger charge is -2.23. The summed E-state index contributed by atoms with van der Waals surface area (Å²) in [4.78, 5) is 23.2.